The Hall–Kier alpha value is -1.89. The summed E-state index contributed by atoms with van der Waals surface area (Å²) in [5, 5.41) is 0.616. The predicted octanol–water partition coefficient (Wildman–Crippen LogP) is 3.90. The number of rotatable bonds is 3. The molecule has 2 aromatic carbocycles. The van der Waals surface area contributed by atoms with Crippen LogP contribution in [0.15, 0.2) is 53.5 Å². The van der Waals surface area contributed by atoms with Crippen molar-refractivity contribution in [1.82, 2.24) is 0 Å². The van der Waals surface area contributed by atoms with Gasteiger partial charge in [-0.25, -0.2) is 4.79 Å². The van der Waals surface area contributed by atoms with E-state index in [0.717, 1.165) is 11.1 Å². The highest BCUT2D eigenvalue weighted by Crippen LogP contribution is 2.28. The summed E-state index contributed by atoms with van der Waals surface area (Å²) in [6.45, 7) is 0. The van der Waals surface area contributed by atoms with Gasteiger partial charge in [-0.2, -0.15) is 4.99 Å². The lowest BCUT2D eigenvalue weighted by Crippen LogP contribution is -1.89. The van der Waals surface area contributed by atoms with Gasteiger partial charge >= 0.3 is 0 Å². The number of carbonyl (C=O) groups excluding carboxylic acids is 1. The standard InChI is InChI=1S/C14H10ClNO/c15-13-7-4-8-14(16-10-17)12(13)9-11-5-2-1-3-6-11/h1-8H,9H2. The molecule has 0 fully saturated rings. The SMILES string of the molecule is O=C=Nc1cccc(Cl)c1Cc1ccccc1. The number of isocyanates is 1. The molecule has 0 aliphatic heterocycles. The molecule has 0 aliphatic carbocycles. The molecule has 2 aromatic rings. The molecular formula is C14H10ClNO. The van der Waals surface area contributed by atoms with Gasteiger partial charge in [0.2, 0.25) is 6.08 Å². The van der Waals surface area contributed by atoms with Crippen LogP contribution in [-0.4, -0.2) is 6.08 Å². The summed E-state index contributed by atoms with van der Waals surface area (Å²) in [6, 6.07) is 15.2. The highest BCUT2D eigenvalue weighted by atomic mass is 35.5. The summed E-state index contributed by atoms with van der Waals surface area (Å²) in [4.78, 5) is 14.0. The fourth-order valence-electron chi connectivity index (χ4n) is 1.68. The van der Waals surface area contributed by atoms with Crippen LogP contribution in [0.1, 0.15) is 11.1 Å². The maximum absolute atomic E-state index is 10.4. The number of aliphatic imine (C=N–C) groups is 1. The van der Waals surface area contributed by atoms with Crippen LogP contribution in [-0.2, 0) is 11.2 Å². The van der Waals surface area contributed by atoms with Crippen LogP contribution in [0, 0.1) is 0 Å². The first-order chi connectivity index (χ1) is 8.31. The van der Waals surface area contributed by atoms with Gasteiger partial charge in [-0.1, -0.05) is 48.0 Å². The van der Waals surface area contributed by atoms with Crippen LogP contribution in [0.5, 0.6) is 0 Å². The van der Waals surface area contributed by atoms with Crippen molar-refractivity contribution in [2.75, 3.05) is 0 Å². The third-order valence-electron chi connectivity index (χ3n) is 2.48. The minimum Gasteiger partial charge on any atom is -0.211 e. The molecule has 0 N–H and O–H groups in total. The van der Waals surface area contributed by atoms with E-state index in [4.69, 9.17) is 11.6 Å². The smallest absolute Gasteiger partial charge is 0.211 e. The van der Waals surface area contributed by atoms with Crippen molar-refractivity contribution in [3.8, 4) is 0 Å². The normalized spacial score (nSPS) is 9.71. The van der Waals surface area contributed by atoms with Crippen LogP contribution in [0.3, 0.4) is 0 Å². The predicted molar refractivity (Wildman–Crippen MR) is 68.5 cm³/mol. The fraction of sp³-hybridized carbons (Fsp3) is 0.0714. The van der Waals surface area contributed by atoms with Gasteiger partial charge in [-0.05, 0) is 17.7 Å². The number of hydrogen-bond donors (Lipinski definition) is 0. The largest absolute Gasteiger partial charge is 0.240 e. The molecule has 0 radical (unpaired) electrons. The molecule has 2 nitrogen and oxygen atoms in total. The molecule has 0 aromatic heterocycles. The topological polar surface area (TPSA) is 29.4 Å². The van der Waals surface area contributed by atoms with Gasteiger partial charge in [-0.3, -0.25) is 0 Å². The van der Waals surface area contributed by atoms with Gasteiger partial charge in [0.1, 0.15) is 0 Å². The van der Waals surface area contributed by atoms with E-state index in [0.29, 0.717) is 17.1 Å². The number of halogens is 1. The first-order valence-corrected chi connectivity index (χ1v) is 5.58. The van der Waals surface area contributed by atoms with Crippen molar-refractivity contribution in [3.05, 3.63) is 64.7 Å². The van der Waals surface area contributed by atoms with Gasteiger partial charge in [0.25, 0.3) is 0 Å². The summed E-state index contributed by atoms with van der Waals surface area (Å²) in [7, 11) is 0. The minimum absolute atomic E-state index is 0.580. The zero-order valence-corrected chi connectivity index (χ0v) is 9.82. The van der Waals surface area contributed by atoms with Crippen molar-refractivity contribution >= 4 is 23.4 Å². The maximum Gasteiger partial charge on any atom is 0.240 e. The van der Waals surface area contributed by atoms with E-state index in [2.05, 4.69) is 4.99 Å². The summed E-state index contributed by atoms with van der Waals surface area (Å²) in [5.41, 5.74) is 2.56. The second-order valence-corrected chi connectivity index (χ2v) is 4.01. The summed E-state index contributed by atoms with van der Waals surface area (Å²) in [5.74, 6) is 0. The summed E-state index contributed by atoms with van der Waals surface area (Å²) in [6.07, 6.45) is 2.21. The molecule has 0 bridgehead atoms. The molecule has 0 spiro atoms. The van der Waals surface area contributed by atoms with E-state index in [-0.39, 0.29) is 0 Å². The zero-order valence-electron chi connectivity index (χ0n) is 9.06. The Balaban J connectivity index is 2.41. The van der Waals surface area contributed by atoms with Gasteiger partial charge in [0.15, 0.2) is 0 Å². The first kappa shape index (κ1) is 11.6. The minimum atomic E-state index is 0.580. The second kappa shape index (κ2) is 5.44. The molecule has 17 heavy (non-hydrogen) atoms. The Kier molecular flexibility index (Phi) is 3.71. The quantitative estimate of drug-likeness (QED) is 0.594. The van der Waals surface area contributed by atoms with E-state index >= 15 is 0 Å². The van der Waals surface area contributed by atoms with E-state index in [9.17, 15) is 4.79 Å². The number of hydrogen-bond acceptors (Lipinski definition) is 2. The molecule has 2 rings (SSSR count). The Morgan fingerprint density at radius 3 is 2.53 bits per heavy atom. The Labute approximate surface area is 105 Å². The molecule has 3 heteroatoms. The van der Waals surface area contributed by atoms with Crippen molar-refractivity contribution in [2.24, 2.45) is 4.99 Å². The summed E-state index contributed by atoms with van der Waals surface area (Å²) < 4.78 is 0. The van der Waals surface area contributed by atoms with Gasteiger partial charge < -0.3 is 0 Å². The van der Waals surface area contributed by atoms with Crippen LogP contribution in [0.4, 0.5) is 5.69 Å². The van der Waals surface area contributed by atoms with Crippen LogP contribution in [0.2, 0.25) is 5.02 Å². The molecule has 0 amide bonds. The van der Waals surface area contributed by atoms with Crippen molar-refractivity contribution in [3.63, 3.8) is 0 Å². The molecule has 84 valence electrons. The third kappa shape index (κ3) is 2.82. The molecule has 0 saturated heterocycles. The Morgan fingerprint density at radius 2 is 1.82 bits per heavy atom. The van der Waals surface area contributed by atoms with E-state index < -0.39 is 0 Å². The van der Waals surface area contributed by atoms with E-state index in [1.54, 1.807) is 24.3 Å². The zero-order chi connectivity index (χ0) is 12.1. The first-order valence-electron chi connectivity index (χ1n) is 5.20. The second-order valence-electron chi connectivity index (χ2n) is 3.60. The highest BCUT2D eigenvalue weighted by Gasteiger charge is 2.07. The molecule has 0 atom stereocenters. The number of benzene rings is 2. The van der Waals surface area contributed by atoms with Gasteiger partial charge in [0, 0.05) is 17.0 Å². The monoisotopic (exact) mass is 243 g/mol. The number of nitrogens with zero attached hydrogens (tertiary/aromatic N) is 1. The average Bonchev–Trinajstić information content (AvgIpc) is 2.35. The average molecular weight is 244 g/mol. The lowest BCUT2D eigenvalue weighted by atomic mass is 10.0. The van der Waals surface area contributed by atoms with Crippen molar-refractivity contribution in [2.45, 2.75) is 6.42 Å². The Bertz CT molecular complexity index is 560. The molecule has 0 heterocycles. The van der Waals surface area contributed by atoms with E-state index in [1.807, 2.05) is 30.3 Å². The van der Waals surface area contributed by atoms with Crippen molar-refractivity contribution in [1.29, 1.82) is 0 Å². The fourth-order valence-corrected chi connectivity index (χ4v) is 1.91. The lowest BCUT2D eigenvalue weighted by Gasteiger charge is -2.07. The van der Waals surface area contributed by atoms with Crippen LogP contribution < -0.4 is 0 Å². The summed E-state index contributed by atoms with van der Waals surface area (Å²) >= 11 is 6.13. The molecule has 0 aliphatic rings. The molecular weight excluding hydrogens is 234 g/mol. The lowest BCUT2D eigenvalue weighted by molar-refractivity contribution is 0.565. The molecule has 0 saturated carbocycles. The Morgan fingerprint density at radius 1 is 1.06 bits per heavy atom. The third-order valence-corrected chi connectivity index (χ3v) is 2.84. The van der Waals surface area contributed by atoms with Crippen LogP contribution >= 0.6 is 11.6 Å². The van der Waals surface area contributed by atoms with Gasteiger partial charge in [0.05, 0.1) is 5.69 Å². The van der Waals surface area contributed by atoms with E-state index in [1.165, 1.54) is 0 Å². The van der Waals surface area contributed by atoms with Crippen molar-refractivity contribution < 1.29 is 4.79 Å². The van der Waals surface area contributed by atoms with Gasteiger partial charge in [-0.15, -0.1) is 0 Å². The molecule has 0 unspecified atom stereocenters. The van der Waals surface area contributed by atoms with Crippen LogP contribution in [0.25, 0.3) is 0 Å². The maximum atomic E-state index is 10.4. The highest BCUT2D eigenvalue weighted by molar-refractivity contribution is 6.31.